The van der Waals surface area contributed by atoms with Crippen molar-refractivity contribution in [1.29, 1.82) is 0 Å². The van der Waals surface area contributed by atoms with Crippen molar-refractivity contribution in [3.05, 3.63) is 23.8 Å². The number of carbonyl (C=O) groups excluding carboxylic acids is 1. The fourth-order valence-electron chi connectivity index (χ4n) is 3.53. The van der Waals surface area contributed by atoms with Crippen LogP contribution in [-0.4, -0.2) is 32.2 Å². The van der Waals surface area contributed by atoms with E-state index in [0.717, 1.165) is 55.8 Å². The van der Waals surface area contributed by atoms with Crippen molar-refractivity contribution < 1.29 is 14.3 Å². The number of ether oxygens (including phenoxy) is 2. The van der Waals surface area contributed by atoms with Gasteiger partial charge in [-0.15, -0.1) is 12.4 Å². The number of carbonyl (C=O) groups is 1. The zero-order chi connectivity index (χ0) is 16.8. The van der Waals surface area contributed by atoms with Crippen molar-refractivity contribution in [1.82, 2.24) is 10.6 Å². The average molecular weight is 369 g/mol. The number of hydrogen-bond acceptors (Lipinski definition) is 4. The summed E-state index contributed by atoms with van der Waals surface area (Å²) in [6.07, 6.45) is 6.82. The Kier molecular flexibility index (Phi) is 7.85. The van der Waals surface area contributed by atoms with Crippen molar-refractivity contribution in [3.63, 3.8) is 0 Å². The lowest BCUT2D eigenvalue weighted by molar-refractivity contribution is -0.125. The molecule has 5 nitrogen and oxygen atoms in total. The molecule has 0 aromatic heterocycles. The van der Waals surface area contributed by atoms with Crippen LogP contribution in [0.1, 0.15) is 44.1 Å². The Morgan fingerprint density at radius 2 is 1.88 bits per heavy atom. The fraction of sp³-hybridized carbons (Fsp3) is 0.632. The van der Waals surface area contributed by atoms with E-state index in [9.17, 15) is 4.79 Å². The van der Waals surface area contributed by atoms with Crippen LogP contribution < -0.4 is 20.1 Å². The normalized spacial score (nSPS) is 18.4. The van der Waals surface area contributed by atoms with Gasteiger partial charge in [-0.3, -0.25) is 4.79 Å². The average Bonchev–Trinajstić information content (AvgIpc) is 3.13. The molecule has 6 heteroatoms. The second-order valence-electron chi connectivity index (χ2n) is 6.75. The highest BCUT2D eigenvalue weighted by molar-refractivity contribution is 5.85. The molecule has 0 radical (unpaired) electrons. The van der Waals surface area contributed by atoms with Crippen molar-refractivity contribution in [2.24, 2.45) is 5.92 Å². The Balaban J connectivity index is 0.00000225. The topological polar surface area (TPSA) is 59.6 Å². The summed E-state index contributed by atoms with van der Waals surface area (Å²) in [4.78, 5) is 12.3. The fourth-order valence-corrected chi connectivity index (χ4v) is 3.53. The van der Waals surface area contributed by atoms with Crippen LogP contribution in [0.15, 0.2) is 18.2 Å². The Bertz CT molecular complexity index is 556. The number of halogens is 1. The summed E-state index contributed by atoms with van der Waals surface area (Å²) in [7, 11) is 1.66. The van der Waals surface area contributed by atoms with E-state index in [1.54, 1.807) is 7.11 Å². The van der Waals surface area contributed by atoms with Crippen molar-refractivity contribution in [2.75, 3.05) is 20.2 Å². The predicted octanol–water partition coefficient (Wildman–Crippen LogP) is 3.05. The lowest BCUT2D eigenvalue weighted by atomic mass is 9.97. The van der Waals surface area contributed by atoms with Gasteiger partial charge in [0.25, 0.3) is 0 Å². The number of benzene rings is 1. The minimum atomic E-state index is 0. The summed E-state index contributed by atoms with van der Waals surface area (Å²) in [5.74, 6) is 1.85. The smallest absolute Gasteiger partial charge is 0.223 e. The van der Waals surface area contributed by atoms with Crippen LogP contribution in [0.3, 0.4) is 0 Å². The third-order valence-electron chi connectivity index (χ3n) is 5.00. The van der Waals surface area contributed by atoms with Crippen LogP contribution in [0.25, 0.3) is 0 Å². The molecule has 1 aliphatic carbocycles. The lowest BCUT2D eigenvalue weighted by Crippen LogP contribution is -2.37. The molecule has 1 saturated carbocycles. The van der Waals surface area contributed by atoms with E-state index in [2.05, 4.69) is 10.6 Å². The highest BCUT2D eigenvalue weighted by Crippen LogP contribution is 2.32. The predicted molar refractivity (Wildman–Crippen MR) is 101 cm³/mol. The van der Waals surface area contributed by atoms with Gasteiger partial charge in [0.05, 0.1) is 13.2 Å². The molecular formula is C19H29ClN2O3. The van der Waals surface area contributed by atoms with Crippen molar-refractivity contribution >= 4 is 18.3 Å². The highest BCUT2D eigenvalue weighted by atomic mass is 35.5. The van der Waals surface area contributed by atoms with E-state index >= 15 is 0 Å². The molecule has 1 aromatic carbocycles. The van der Waals surface area contributed by atoms with Gasteiger partial charge >= 0.3 is 0 Å². The molecule has 0 atom stereocenters. The van der Waals surface area contributed by atoms with Gasteiger partial charge in [-0.1, -0.05) is 6.07 Å². The zero-order valence-corrected chi connectivity index (χ0v) is 15.7. The van der Waals surface area contributed by atoms with E-state index < -0.39 is 0 Å². The molecule has 2 N–H and O–H groups in total. The minimum absolute atomic E-state index is 0. The van der Waals surface area contributed by atoms with Gasteiger partial charge in [-0.25, -0.2) is 0 Å². The van der Waals surface area contributed by atoms with Crippen LogP contribution in [0.5, 0.6) is 11.5 Å². The molecule has 140 valence electrons. The molecule has 1 aromatic rings. The van der Waals surface area contributed by atoms with Gasteiger partial charge in [0, 0.05) is 12.5 Å². The van der Waals surface area contributed by atoms with Crippen LogP contribution in [-0.2, 0) is 11.3 Å². The minimum Gasteiger partial charge on any atom is -0.493 e. The molecule has 0 bridgehead atoms. The Labute approximate surface area is 156 Å². The monoisotopic (exact) mass is 368 g/mol. The second-order valence-corrected chi connectivity index (χ2v) is 6.75. The summed E-state index contributed by atoms with van der Waals surface area (Å²) < 4.78 is 11.5. The van der Waals surface area contributed by atoms with Crippen molar-refractivity contribution in [2.45, 2.75) is 51.2 Å². The van der Waals surface area contributed by atoms with Gasteiger partial charge in [0.15, 0.2) is 11.5 Å². The number of hydrogen-bond donors (Lipinski definition) is 2. The number of amides is 1. The third-order valence-corrected chi connectivity index (χ3v) is 5.00. The largest absolute Gasteiger partial charge is 0.493 e. The van der Waals surface area contributed by atoms with Gasteiger partial charge in [-0.2, -0.15) is 0 Å². The van der Waals surface area contributed by atoms with Crippen LogP contribution in [0, 0.1) is 5.92 Å². The molecule has 2 fully saturated rings. The first-order valence-electron chi connectivity index (χ1n) is 9.08. The first-order chi connectivity index (χ1) is 11.8. The number of piperidine rings is 1. The van der Waals surface area contributed by atoms with Gasteiger partial charge in [0.2, 0.25) is 5.91 Å². The lowest BCUT2D eigenvalue weighted by Gasteiger charge is -2.22. The van der Waals surface area contributed by atoms with E-state index in [-0.39, 0.29) is 24.2 Å². The molecule has 1 heterocycles. The Morgan fingerprint density at radius 3 is 2.56 bits per heavy atom. The molecule has 0 unspecified atom stereocenters. The molecule has 0 spiro atoms. The highest BCUT2D eigenvalue weighted by Gasteiger charge is 2.21. The summed E-state index contributed by atoms with van der Waals surface area (Å²) in [5, 5.41) is 6.35. The second kappa shape index (κ2) is 9.88. The van der Waals surface area contributed by atoms with E-state index in [4.69, 9.17) is 9.47 Å². The van der Waals surface area contributed by atoms with Gasteiger partial charge in [-0.05, 0) is 69.3 Å². The molecule has 1 saturated heterocycles. The number of rotatable bonds is 6. The maximum absolute atomic E-state index is 12.3. The molecule has 25 heavy (non-hydrogen) atoms. The molecular weight excluding hydrogens is 340 g/mol. The summed E-state index contributed by atoms with van der Waals surface area (Å²) >= 11 is 0. The van der Waals surface area contributed by atoms with E-state index in [1.165, 1.54) is 12.8 Å². The zero-order valence-electron chi connectivity index (χ0n) is 14.9. The molecule has 2 aliphatic rings. The van der Waals surface area contributed by atoms with Crippen LogP contribution in [0.4, 0.5) is 0 Å². The third kappa shape index (κ3) is 5.51. The first-order valence-corrected chi connectivity index (χ1v) is 9.08. The molecule has 1 amide bonds. The van der Waals surface area contributed by atoms with E-state index in [0.29, 0.717) is 12.6 Å². The van der Waals surface area contributed by atoms with Crippen LogP contribution >= 0.6 is 12.4 Å². The van der Waals surface area contributed by atoms with E-state index in [1.807, 2.05) is 18.2 Å². The quantitative estimate of drug-likeness (QED) is 0.810. The summed E-state index contributed by atoms with van der Waals surface area (Å²) in [6.45, 7) is 2.40. The van der Waals surface area contributed by atoms with Gasteiger partial charge < -0.3 is 20.1 Å². The van der Waals surface area contributed by atoms with Gasteiger partial charge in [0.1, 0.15) is 0 Å². The summed E-state index contributed by atoms with van der Waals surface area (Å²) in [5.41, 5.74) is 1.05. The SMILES string of the molecule is COc1ccc(CNC(=O)C2CCNCC2)cc1OC1CCCC1.Cl. The van der Waals surface area contributed by atoms with Crippen molar-refractivity contribution in [3.8, 4) is 11.5 Å². The first kappa shape index (κ1) is 19.9. The standard InChI is InChI=1S/C19H28N2O3.ClH/c1-23-17-7-6-14(12-18(17)24-16-4-2-3-5-16)13-21-19(22)15-8-10-20-11-9-15;/h6-7,12,15-16,20H,2-5,8-11,13H2,1H3,(H,21,22);1H. The molecule has 1 aliphatic heterocycles. The Morgan fingerprint density at radius 1 is 1.16 bits per heavy atom. The number of methoxy groups -OCH3 is 1. The Hall–Kier alpha value is -1.46. The maximum Gasteiger partial charge on any atom is 0.223 e. The maximum atomic E-state index is 12.3. The summed E-state index contributed by atoms with van der Waals surface area (Å²) in [6, 6.07) is 5.92. The number of nitrogens with one attached hydrogen (secondary N) is 2. The molecule has 3 rings (SSSR count). The van der Waals surface area contributed by atoms with Crippen LogP contribution in [0.2, 0.25) is 0 Å².